The molecule has 0 spiro atoms. The highest BCUT2D eigenvalue weighted by molar-refractivity contribution is 5.76. The van der Waals surface area contributed by atoms with Crippen LogP contribution < -0.4 is 11.1 Å². The van der Waals surface area contributed by atoms with Crippen molar-refractivity contribution in [1.82, 2.24) is 4.98 Å². The Kier molecular flexibility index (Phi) is 3.71. The van der Waals surface area contributed by atoms with Gasteiger partial charge in [-0.25, -0.2) is 4.98 Å². The summed E-state index contributed by atoms with van der Waals surface area (Å²) >= 11 is 0. The lowest BCUT2D eigenvalue weighted by molar-refractivity contribution is -0.152. The van der Waals surface area contributed by atoms with Crippen LogP contribution in [0.15, 0.2) is 18.3 Å². The van der Waals surface area contributed by atoms with Gasteiger partial charge >= 0.3 is 5.97 Å². The Balaban J connectivity index is 2.47. The highest BCUT2D eigenvalue weighted by Gasteiger charge is 2.16. The van der Waals surface area contributed by atoms with Crippen LogP contribution in [-0.2, 0) is 9.53 Å². The number of nitrogens with one attached hydrogen (secondary N) is 1. The molecule has 0 aliphatic heterocycles. The average molecular weight is 223 g/mol. The lowest BCUT2D eigenvalue weighted by Crippen LogP contribution is -2.28. The third-order valence-corrected chi connectivity index (χ3v) is 1.66. The minimum Gasteiger partial charge on any atom is -0.459 e. The number of pyridine rings is 1. The van der Waals surface area contributed by atoms with Gasteiger partial charge in [0.25, 0.3) is 0 Å². The van der Waals surface area contributed by atoms with Crippen LogP contribution in [0.25, 0.3) is 0 Å². The van der Waals surface area contributed by atoms with Crippen LogP contribution in [-0.4, -0.2) is 23.1 Å². The Hall–Kier alpha value is -1.78. The first-order valence-corrected chi connectivity index (χ1v) is 5.05. The molecule has 5 heteroatoms. The zero-order valence-corrected chi connectivity index (χ0v) is 9.78. The molecule has 0 aliphatic rings. The van der Waals surface area contributed by atoms with Crippen LogP contribution in [0, 0.1) is 0 Å². The van der Waals surface area contributed by atoms with E-state index in [4.69, 9.17) is 10.5 Å². The molecule has 0 fully saturated rings. The predicted octanol–water partition coefficient (Wildman–Crippen LogP) is 1.42. The number of nitrogen functional groups attached to an aromatic ring is 1. The molecule has 0 saturated heterocycles. The number of hydrogen-bond acceptors (Lipinski definition) is 5. The minimum atomic E-state index is -0.478. The van der Waals surface area contributed by atoms with Crippen LogP contribution in [0.3, 0.4) is 0 Å². The van der Waals surface area contributed by atoms with Crippen LogP contribution in [0.2, 0.25) is 0 Å². The first kappa shape index (κ1) is 12.3. The lowest BCUT2D eigenvalue weighted by atomic mass is 10.2. The van der Waals surface area contributed by atoms with Crippen molar-refractivity contribution < 1.29 is 9.53 Å². The number of aromatic nitrogens is 1. The number of hydrogen-bond donors (Lipinski definition) is 2. The molecule has 1 aromatic rings. The molecule has 1 aromatic heterocycles. The van der Waals surface area contributed by atoms with E-state index in [9.17, 15) is 4.79 Å². The summed E-state index contributed by atoms with van der Waals surface area (Å²) in [7, 11) is 0. The Labute approximate surface area is 95.0 Å². The summed E-state index contributed by atoms with van der Waals surface area (Å²) in [5.41, 5.74) is 5.68. The number of nitrogens with zero attached hydrogens (tertiary/aromatic N) is 1. The fraction of sp³-hybridized carbons (Fsp3) is 0.455. The second-order valence-electron chi connectivity index (χ2n) is 4.38. The van der Waals surface area contributed by atoms with E-state index in [0.29, 0.717) is 11.5 Å². The summed E-state index contributed by atoms with van der Waals surface area (Å²) in [5.74, 6) is 0.158. The predicted molar refractivity (Wildman–Crippen MR) is 63.0 cm³/mol. The van der Waals surface area contributed by atoms with E-state index in [1.165, 1.54) is 0 Å². The molecule has 1 heterocycles. The number of esters is 1. The molecule has 0 bridgehead atoms. The molecule has 0 aliphatic carbocycles. The molecule has 16 heavy (non-hydrogen) atoms. The maximum Gasteiger partial charge on any atom is 0.325 e. The summed E-state index contributed by atoms with van der Waals surface area (Å²) in [6.45, 7) is 5.51. The van der Waals surface area contributed by atoms with Gasteiger partial charge in [-0.1, -0.05) is 0 Å². The quantitative estimate of drug-likeness (QED) is 0.758. The van der Waals surface area contributed by atoms with Crippen molar-refractivity contribution >= 4 is 17.5 Å². The number of anilines is 2. The van der Waals surface area contributed by atoms with Gasteiger partial charge in [0.05, 0.1) is 5.69 Å². The maximum absolute atomic E-state index is 11.4. The van der Waals surface area contributed by atoms with Gasteiger partial charge in [0.2, 0.25) is 0 Å². The molecular weight excluding hydrogens is 206 g/mol. The zero-order chi connectivity index (χ0) is 12.2. The first-order valence-electron chi connectivity index (χ1n) is 5.05. The van der Waals surface area contributed by atoms with E-state index < -0.39 is 5.60 Å². The molecule has 0 aromatic carbocycles. The van der Waals surface area contributed by atoms with Gasteiger partial charge in [0, 0.05) is 6.20 Å². The van der Waals surface area contributed by atoms with Crippen molar-refractivity contribution in [1.29, 1.82) is 0 Å². The molecule has 0 atom stereocenters. The number of carbonyl (C=O) groups excluding carboxylic acids is 1. The Morgan fingerprint density at radius 1 is 1.56 bits per heavy atom. The van der Waals surface area contributed by atoms with E-state index in [-0.39, 0.29) is 12.5 Å². The van der Waals surface area contributed by atoms with Crippen molar-refractivity contribution in [2.75, 3.05) is 17.6 Å². The third kappa shape index (κ3) is 4.16. The Morgan fingerprint density at radius 3 is 2.81 bits per heavy atom. The molecular formula is C11H17N3O2. The van der Waals surface area contributed by atoms with Crippen LogP contribution in [0.4, 0.5) is 11.5 Å². The van der Waals surface area contributed by atoms with Crippen molar-refractivity contribution in [2.45, 2.75) is 26.4 Å². The molecule has 1 rings (SSSR count). The Morgan fingerprint density at radius 2 is 2.25 bits per heavy atom. The van der Waals surface area contributed by atoms with E-state index in [2.05, 4.69) is 10.3 Å². The molecule has 0 amide bonds. The summed E-state index contributed by atoms with van der Waals surface area (Å²) in [5, 5.41) is 2.82. The molecule has 5 nitrogen and oxygen atoms in total. The van der Waals surface area contributed by atoms with Crippen LogP contribution >= 0.6 is 0 Å². The second-order valence-corrected chi connectivity index (χ2v) is 4.38. The highest BCUT2D eigenvalue weighted by atomic mass is 16.6. The molecule has 88 valence electrons. The van der Waals surface area contributed by atoms with Gasteiger partial charge in [-0.05, 0) is 32.9 Å². The Bertz CT molecular complexity index is 372. The molecule has 0 unspecified atom stereocenters. The van der Waals surface area contributed by atoms with Crippen molar-refractivity contribution in [3.63, 3.8) is 0 Å². The van der Waals surface area contributed by atoms with Crippen LogP contribution in [0.1, 0.15) is 20.8 Å². The smallest absolute Gasteiger partial charge is 0.325 e. The topological polar surface area (TPSA) is 77.2 Å². The largest absolute Gasteiger partial charge is 0.459 e. The molecule has 0 radical (unpaired) electrons. The van der Waals surface area contributed by atoms with Crippen molar-refractivity contribution in [3.8, 4) is 0 Å². The van der Waals surface area contributed by atoms with Gasteiger partial charge in [0.1, 0.15) is 18.0 Å². The minimum absolute atomic E-state index is 0.0541. The van der Waals surface area contributed by atoms with Gasteiger partial charge < -0.3 is 15.8 Å². The first-order chi connectivity index (χ1) is 7.38. The van der Waals surface area contributed by atoms with E-state index in [1.807, 2.05) is 20.8 Å². The van der Waals surface area contributed by atoms with Gasteiger partial charge in [-0.3, -0.25) is 4.79 Å². The number of rotatable bonds is 3. The van der Waals surface area contributed by atoms with E-state index >= 15 is 0 Å². The number of carbonyl (C=O) groups is 1. The number of nitrogens with two attached hydrogens (primary N) is 1. The fourth-order valence-electron chi connectivity index (χ4n) is 1.10. The average Bonchev–Trinajstić information content (AvgIpc) is 2.14. The van der Waals surface area contributed by atoms with Crippen molar-refractivity contribution in [3.05, 3.63) is 18.3 Å². The van der Waals surface area contributed by atoms with Gasteiger partial charge in [-0.15, -0.1) is 0 Å². The fourth-order valence-corrected chi connectivity index (χ4v) is 1.10. The summed E-state index contributed by atoms with van der Waals surface area (Å²) in [4.78, 5) is 15.4. The van der Waals surface area contributed by atoms with E-state index in [0.717, 1.165) is 0 Å². The van der Waals surface area contributed by atoms with Crippen molar-refractivity contribution in [2.24, 2.45) is 0 Å². The zero-order valence-electron chi connectivity index (χ0n) is 9.78. The normalized spacial score (nSPS) is 10.9. The summed E-state index contributed by atoms with van der Waals surface area (Å²) < 4.78 is 5.13. The monoisotopic (exact) mass is 223 g/mol. The molecule has 0 saturated carbocycles. The third-order valence-electron chi connectivity index (χ3n) is 1.66. The lowest BCUT2D eigenvalue weighted by Gasteiger charge is -2.19. The summed E-state index contributed by atoms with van der Waals surface area (Å²) in [6.07, 6.45) is 1.60. The van der Waals surface area contributed by atoms with E-state index in [1.54, 1.807) is 18.3 Å². The number of ether oxygens (including phenoxy) is 1. The summed E-state index contributed by atoms with van der Waals surface area (Å²) in [6, 6.07) is 3.44. The second kappa shape index (κ2) is 4.83. The SMILES string of the molecule is CC(C)(C)OC(=O)CNc1ncccc1N. The van der Waals surface area contributed by atoms with Crippen LogP contribution in [0.5, 0.6) is 0 Å². The maximum atomic E-state index is 11.4. The van der Waals surface area contributed by atoms with Gasteiger partial charge in [0.15, 0.2) is 0 Å². The van der Waals surface area contributed by atoms with Gasteiger partial charge in [-0.2, -0.15) is 0 Å². The molecule has 3 N–H and O–H groups in total. The highest BCUT2D eigenvalue weighted by Crippen LogP contribution is 2.13. The standard InChI is InChI=1S/C11H17N3O2/c1-11(2,3)16-9(15)7-14-10-8(12)5-4-6-13-10/h4-6H,7,12H2,1-3H3,(H,13,14).